The van der Waals surface area contributed by atoms with Gasteiger partial charge in [-0.05, 0) is 55.8 Å². The smallest absolute Gasteiger partial charge is 0.341 e. The lowest BCUT2D eigenvalue weighted by atomic mass is 10.0. The predicted molar refractivity (Wildman–Crippen MR) is 139 cm³/mol. The van der Waals surface area contributed by atoms with Crippen molar-refractivity contribution in [3.8, 4) is 17.1 Å². The van der Waals surface area contributed by atoms with Crippen LogP contribution in [0.3, 0.4) is 0 Å². The van der Waals surface area contributed by atoms with Crippen molar-refractivity contribution in [3.05, 3.63) is 78.9 Å². The highest BCUT2D eigenvalue weighted by Gasteiger charge is 2.37. The number of hydrogen-bond acceptors (Lipinski definition) is 10. The fourth-order valence-electron chi connectivity index (χ4n) is 3.64. The number of imidazole rings is 1. The van der Waals surface area contributed by atoms with Crippen LogP contribution in [0.25, 0.3) is 17.1 Å². The number of nitrogens with two attached hydrogens (primary N) is 1. The zero-order valence-electron chi connectivity index (χ0n) is 21.8. The summed E-state index contributed by atoms with van der Waals surface area (Å²) in [6.07, 6.45) is 4.71. The minimum absolute atomic E-state index is 0.0813. The van der Waals surface area contributed by atoms with E-state index in [0.717, 1.165) is 16.0 Å². The summed E-state index contributed by atoms with van der Waals surface area (Å²) < 4.78 is 12.5. The van der Waals surface area contributed by atoms with Crippen LogP contribution in [0.15, 0.2) is 73.3 Å². The van der Waals surface area contributed by atoms with Gasteiger partial charge in [0, 0.05) is 23.6 Å². The number of benzene rings is 2. The molecule has 2 aromatic heterocycles. The van der Waals surface area contributed by atoms with Gasteiger partial charge in [-0.3, -0.25) is 9.59 Å². The van der Waals surface area contributed by atoms with Crippen molar-refractivity contribution >= 4 is 17.7 Å². The van der Waals surface area contributed by atoms with E-state index in [1.54, 1.807) is 75.9 Å². The van der Waals surface area contributed by atoms with Crippen molar-refractivity contribution in [3.63, 3.8) is 0 Å². The Morgan fingerprint density at radius 1 is 1.03 bits per heavy atom. The Bertz CT molecular complexity index is 1410. The first kappa shape index (κ1) is 27.3. The molecule has 0 saturated carbocycles. The van der Waals surface area contributed by atoms with Gasteiger partial charge in [0.15, 0.2) is 5.78 Å². The Kier molecular flexibility index (Phi) is 8.25. The molecule has 0 bridgehead atoms. The normalized spacial score (nSPS) is 12.9. The zero-order valence-corrected chi connectivity index (χ0v) is 21.8. The van der Waals surface area contributed by atoms with Gasteiger partial charge < -0.3 is 19.8 Å². The number of nitrogens with zero attached hydrogens (tertiary/aromatic N) is 6. The van der Waals surface area contributed by atoms with Crippen LogP contribution < -0.4 is 5.73 Å². The van der Waals surface area contributed by atoms with Crippen molar-refractivity contribution < 1.29 is 23.9 Å². The first-order valence-corrected chi connectivity index (χ1v) is 12.2. The second-order valence-corrected chi connectivity index (χ2v) is 9.75. The molecule has 39 heavy (non-hydrogen) atoms. The van der Waals surface area contributed by atoms with Crippen molar-refractivity contribution in [1.29, 1.82) is 0 Å². The third kappa shape index (κ3) is 7.20. The summed E-state index contributed by atoms with van der Waals surface area (Å²) in [5, 5.41) is 12.2. The van der Waals surface area contributed by atoms with E-state index in [0.29, 0.717) is 5.56 Å². The van der Waals surface area contributed by atoms with Gasteiger partial charge in [-0.25, -0.2) is 9.78 Å². The number of ketones is 1. The Labute approximate surface area is 224 Å². The van der Waals surface area contributed by atoms with E-state index in [4.69, 9.17) is 15.2 Å². The number of carbonyl (C=O) groups is 3. The number of ether oxygens (including phenoxy) is 2. The second-order valence-electron chi connectivity index (χ2n) is 9.75. The molecule has 2 aromatic carbocycles. The molecule has 0 aliphatic rings. The van der Waals surface area contributed by atoms with E-state index in [1.807, 2.05) is 22.8 Å². The molecule has 202 valence electrons. The number of tetrazole rings is 1. The third-order valence-electron chi connectivity index (χ3n) is 5.48. The van der Waals surface area contributed by atoms with Gasteiger partial charge in [0.25, 0.3) is 0 Å². The largest absolute Gasteiger partial charge is 0.460 e. The monoisotopic (exact) mass is 531 g/mol. The van der Waals surface area contributed by atoms with E-state index in [1.165, 1.54) is 0 Å². The van der Waals surface area contributed by atoms with Crippen LogP contribution in [-0.4, -0.2) is 59.1 Å². The topological polar surface area (TPSA) is 157 Å². The van der Waals surface area contributed by atoms with E-state index in [2.05, 4.69) is 20.4 Å². The Morgan fingerprint density at radius 3 is 2.38 bits per heavy atom. The standard InChI is InChI=1S/C27H29N7O5/c1-27(2,3)39-22(35)15-21(28)24(36)23(26(37)38-16-18-7-5-4-6-8-18)34-31-25(30-32-34)19-9-11-20(12-10-19)33-14-13-29-17-33/h4-14,17,21,23H,15-16,28H2,1-3H3. The molecule has 4 rings (SSSR count). The van der Waals surface area contributed by atoms with E-state index in [9.17, 15) is 14.4 Å². The van der Waals surface area contributed by atoms with Gasteiger partial charge in [-0.1, -0.05) is 30.3 Å². The summed E-state index contributed by atoms with van der Waals surface area (Å²) >= 11 is 0. The number of esters is 2. The summed E-state index contributed by atoms with van der Waals surface area (Å²) in [6, 6.07) is 13.2. The van der Waals surface area contributed by atoms with Crippen LogP contribution in [0.5, 0.6) is 0 Å². The number of carbonyl (C=O) groups excluding carboxylic acids is 3. The molecule has 12 nitrogen and oxygen atoms in total. The average molecular weight is 532 g/mol. The van der Waals surface area contributed by atoms with Crippen LogP contribution >= 0.6 is 0 Å². The summed E-state index contributed by atoms with van der Waals surface area (Å²) in [7, 11) is 0. The maximum Gasteiger partial charge on any atom is 0.341 e. The number of rotatable bonds is 10. The Balaban J connectivity index is 1.56. The Morgan fingerprint density at radius 2 is 1.74 bits per heavy atom. The molecule has 2 atom stereocenters. The molecule has 0 radical (unpaired) electrons. The van der Waals surface area contributed by atoms with E-state index in [-0.39, 0.29) is 12.4 Å². The highest BCUT2D eigenvalue weighted by atomic mass is 16.6. The van der Waals surface area contributed by atoms with Gasteiger partial charge in [-0.15, -0.1) is 15.0 Å². The summed E-state index contributed by atoms with van der Waals surface area (Å²) in [5.41, 5.74) is 7.48. The van der Waals surface area contributed by atoms with E-state index >= 15 is 0 Å². The SMILES string of the molecule is CC(C)(C)OC(=O)CC(N)C(=O)C(C(=O)OCc1ccccc1)n1nnc(-c2ccc(-n3ccnc3)cc2)n1. The molecule has 2 N–H and O–H groups in total. The summed E-state index contributed by atoms with van der Waals surface area (Å²) in [4.78, 5) is 43.7. The predicted octanol–water partition coefficient (Wildman–Crippen LogP) is 2.44. The first-order chi connectivity index (χ1) is 18.6. The Hall–Kier alpha value is -4.71. The highest BCUT2D eigenvalue weighted by Crippen LogP contribution is 2.20. The third-order valence-corrected chi connectivity index (χ3v) is 5.48. The van der Waals surface area contributed by atoms with Crippen LogP contribution in [0.2, 0.25) is 0 Å². The van der Waals surface area contributed by atoms with Crippen molar-refractivity contribution in [2.24, 2.45) is 5.73 Å². The molecule has 0 aliphatic heterocycles. The fourth-order valence-corrected chi connectivity index (χ4v) is 3.64. The minimum atomic E-state index is -1.65. The van der Waals surface area contributed by atoms with Crippen molar-refractivity contribution in [2.75, 3.05) is 0 Å². The molecule has 0 amide bonds. The van der Waals surface area contributed by atoms with Crippen LogP contribution in [0.1, 0.15) is 38.8 Å². The molecule has 4 aromatic rings. The average Bonchev–Trinajstić information content (AvgIpc) is 3.60. The maximum absolute atomic E-state index is 13.3. The lowest BCUT2D eigenvalue weighted by Crippen LogP contribution is -2.43. The molecule has 0 aliphatic carbocycles. The van der Waals surface area contributed by atoms with Crippen LogP contribution in [0.4, 0.5) is 0 Å². The van der Waals surface area contributed by atoms with Gasteiger partial charge in [0.2, 0.25) is 11.9 Å². The lowest BCUT2D eigenvalue weighted by Gasteiger charge is -2.21. The number of aromatic nitrogens is 6. The number of hydrogen-bond donors (Lipinski definition) is 1. The van der Waals surface area contributed by atoms with Crippen molar-refractivity contribution in [1.82, 2.24) is 29.8 Å². The molecule has 0 fully saturated rings. The second kappa shape index (κ2) is 11.8. The quantitative estimate of drug-likeness (QED) is 0.238. The molecule has 12 heteroatoms. The lowest BCUT2D eigenvalue weighted by molar-refractivity contribution is -0.158. The van der Waals surface area contributed by atoms with Crippen LogP contribution in [-0.2, 0) is 30.5 Å². The van der Waals surface area contributed by atoms with Gasteiger partial charge in [0.05, 0.1) is 18.8 Å². The molecule has 0 spiro atoms. The zero-order chi connectivity index (χ0) is 28.0. The minimum Gasteiger partial charge on any atom is -0.460 e. The number of Topliss-reactive ketones (excluding diaryl/α,β-unsaturated/α-hetero) is 1. The van der Waals surface area contributed by atoms with Gasteiger partial charge in [-0.2, -0.15) is 0 Å². The summed E-state index contributed by atoms with van der Waals surface area (Å²) in [6.45, 7) is 5.02. The molecule has 2 unspecified atom stereocenters. The molecule has 0 saturated heterocycles. The van der Waals surface area contributed by atoms with Gasteiger partial charge >= 0.3 is 11.9 Å². The van der Waals surface area contributed by atoms with E-state index < -0.39 is 41.8 Å². The summed E-state index contributed by atoms with van der Waals surface area (Å²) in [5.74, 6) is -2.23. The molecule has 2 heterocycles. The van der Waals surface area contributed by atoms with Crippen LogP contribution in [0, 0.1) is 0 Å². The maximum atomic E-state index is 13.3. The molecular formula is C27H29N7O5. The highest BCUT2D eigenvalue weighted by molar-refractivity contribution is 6.04. The first-order valence-electron chi connectivity index (χ1n) is 12.2. The fraction of sp³-hybridized carbons (Fsp3) is 0.296. The van der Waals surface area contributed by atoms with Crippen molar-refractivity contribution in [2.45, 2.75) is 51.5 Å². The molecular weight excluding hydrogens is 502 g/mol. The van der Waals surface area contributed by atoms with Gasteiger partial charge in [0.1, 0.15) is 12.2 Å².